The summed E-state index contributed by atoms with van der Waals surface area (Å²) in [6, 6.07) is 4.97. The van der Waals surface area contributed by atoms with E-state index in [2.05, 4.69) is 22.0 Å². The summed E-state index contributed by atoms with van der Waals surface area (Å²) in [5, 5.41) is 14.2. The lowest BCUT2D eigenvalue weighted by Crippen LogP contribution is -2.17. The zero-order valence-electron chi connectivity index (χ0n) is 11.0. The van der Waals surface area contributed by atoms with Gasteiger partial charge in [0.2, 0.25) is 10.0 Å². The zero-order valence-corrected chi connectivity index (χ0v) is 14.1. The topological polar surface area (TPSA) is 93.2 Å². The van der Waals surface area contributed by atoms with Crippen molar-refractivity contribution >= 4 is 37.6 Å². The van der Waals surface area contributed by atoms with Gasteiger partial charge in [0.15, 0.2) is 5.75 Å². The normalized spacial score (nSPS) is 12.0. The molecule has 0 unspecified atom stereocenters. The fourth-order valence-corrected chi connectivity index (χ4v) is 3.14. The Morgan fingerprint density at radius 3 is 2.60 bits per heavy atom. The van der Waals surface area contributed by atoms with E-state index < -0.39 is 15.4 Å². The number of sulfonamides is 1. The Hall–Kier alpha value is -0.810. The second kappa shape index (κ2) is 6.31. The van der Waals surface area contributed by atoms with Gasteiger partial charge < -0.3 is 4.74 Å². The van der Waals surface area contributed by atoms with Crippen LogP contribution in [-0.4, -0.2) is 15.0 Å². The van der Waals surface area contributed by atoms with Gasteiger partial charge in [0.05, 0.1) is 23.1 Å². The quantitative estimate of drug-likeness (QED) is 0.848. The number of rotatable bonds is 5. The van der Waals surface area contributed by atoms with Crippen LogP contribution >= 0.6 is 27.5 Å². The highest BCUT2D eigenvalue weighted by Gasteiger charge is 2.21. The number of nitrogens with zero attached hydrogens (tertiary/aromatic N) is 1. The van der Waals surface area contributed by atoms with E-state index in [-0.39, 0.29) is 22.3 Å². The minimum absolute atomic E-state index is 0.00565. The molecule has 0 fully saturated rings. The van der Waals surface area contributed by atoms with E-state index in [0.717, 1.165) is 0 Å². The highest BCUT2D eigenvalue weighted by molar-refractivity contribution is 9.10. The van der Waals surface area contributed by atoms with Crippen LogP contribution in [-0.2, 0) is 10.0 Å². The molecule has 0 atom stereocenters. The lowest BCUT2D eigenvalue weighted by Gasteiger charge is -2.17. The predicted octanol–water partition coefficient (Wildman–Crippen LogP) is 3.07. The minimum atomic E-state index is -3.95. The fourth-order valence-electron chi connectivity index (χ4n) is 1.35. The molecule has 2 N–H and O–H groups in total. The van der Waals surface area contributed by atoms with Crippen LogP contribution in [0.4, 0.5) is 0 Å². The molecule has 0 saturated heterocycles. The average molecular weight is 382 g/mol. The van der Waals surface area contributed by atoms with Crippen molar-refractivity contribution in [3.8, 4) is 11.8 Å². The van der Waals surface area contributed by atoms with Crippen molar-refractivity contribution in [2.24, 2.45) is 10.6 Å². The van der Waals surface area contributed by atoms with E-state index in [1.807, 2.05) is 0 Å². The highest BCUT2D eigenvalue weighted by atomic mass is 79.9. The molecule has 1 aromatic rings. The van der Waals surface area contributed by atoms with Crippen molar-refractivity contribution in [1.29, 1.82) is 5.26 Å². The number of nitrogens with two attached hydrogens (primary N) is 1. The van der Waals surface area contributed by atoms with Crippen LogP contribution in [0.2, 0.25) is 5.02 Å². The van der Waals surface area contributed by atoms with Gasteiger partial charge in [-0.25, -0.2) is 13.6 Å². The summed E-state index contributed by atoms with van der Waals surface area (Å²) in [6.07, 6.45) is 0.431. The molecule has 0 aliphatic rings. The number of benzene rings is 1. The van der Waals surface area contributed by atoms with Crippen molar-refractivity contribution in [3.05, 3.63) is 21.6 Å². The Bertz CT molecular complexity index is 653. The van der Waals surface area contributed by atoms with Crippen LogP contribution in [0.25, 0.3) is 0 Å². The maximum Gasteiger partial charge on any atom is 0.241 e. The van der Waals surface area contributed by atoms with Gasteiger partial charge in [-0.05, 0) is 32.4 Å². The molecular weight excluding hydrogens is 368 g/mol. The van der Waals surface area contributed by atoms with Crippen molar-refractivity contribution in [2.45, 2.75) is 25.2 Å². The number of hydrogen-bond acceptors (Lipinski definition) is 4. The molecule has 0 amide bonds. The van der Waals surface area contributed by atoms with Gasteiger partial charge in [-0.1, -0.05) is 27.5 Å². The molecule has 5 nitrogen and oxygen atoms in total. The molecule has 1 aromatic carbocycles. The van der Waals surface area contributed by atoms with E-state index in [4.69, 9.17) is 26.7 Å². The predicted molar refractivity (Wildman–Crippen MR) is 80.0 cm³/mol. The monoisotopic (exact) mass is 380 g/mol. The van der Waals surface area contributed by atoms with Gasteiger partial charge in [-0.3, -0.25) is 0 Å². The number of halogens is 2. The molecule has 0 saturated carbocycles. The number of nitriles is 1. The molecule has 0 bridgehead atoms. The van der Waals surface area contributed by atoms with Gasteiger partial charge in [-0.2, -0.15) is 5.26 Å². The van der Waals surface area contributed by atoms with Gasteiger partial charge in [0, 0.05) is 4.47 Å². The first kappa shape index (κ1) is 17.2. The van der Waals surface area contributed by atoms with E-state index in [0.29, 0.717) is 10.9 Å². The third-order valence-corrected chi connectivity index (χ3v) is 4.21. The third-order valence-electron chi connectivity index (χ3n) is 2.56. The van der Waals surface area contributed by atoms with Crippen molar-refractivity contribution in [3.63, 3.8) is 0 Å². The molecule has 8 heteroatoms. The summed E-state index contributed by atoms with van der Waals surface area (Å²) in [7, 11) is -3.95. The number of ether oxygens (including phenoxy) is 1. The van der Waals surface area contributed by atoms with E-state index in [9.17, 15) is 8.42 Å². The first-order valence-corrected chi connectivity index (χ1v) is 8.34. The third kappa shape index (κ3) is 4.63. The van der Waals surface area contributed by atoms with Crippen LogP contribution in [0, 0.1) is 16.7 Å². The van der Waals surface area contributed by atoms with Gasteiger partial charge in [0.1, 0.15) is 4.90 Å². The first-order chi connectivity index (χ1) is 9.07. The lowest BCUT2D eigenvalue weighted by molar-refractivity contribution is 0.259. The summed E-state index contributed by atoms with van der Waals surface area (Å²) in [4.78, 5) is -0.188. The van der Waals surface area contributed by atoms with Gasteiger partial charge in [0.25, 0.3) is 0 Å². The molecule has 0 aliphatic heterocycles. The molecule has 0 aromatic heterocycles. The van der Waals surface area contributed by atoms with E-state index >= 15 is 0 Å². The molecule has 20 heavy (non-hydrogen) atoms. The van der Waals surface area contributed by atoms with Crippen LogP contribution in [0.15, 0.2) is 21.5 Å². The largest absolute Gasteiger partial charge is 0.491 e. The maximum atomic E-state index is 11.5. The maximum absolute atomic E-state index is 11.5. The molecule has 0 aliphatic carbocycles. The summed E-state index contributed by atoms with van der Waals surface area (Å²) in [5.41, 5.74) is -0.566. The summed E-state index contributed by atoms with van der Waals surface area (Å²) >= 11 is 9.13. The molecular formula is C12H14BrClN2O3S. The molecule has 1 rings (SSSR count). The second-order valence-electron chi connectivity index (χ2n) is 4.85. The Kier molecular flexibility index (Phi) is 5.44. The fraction of sp³-hybridized carbons (Fsp3) is 0.417. The van der Waals surface area contributed by atoms with Crippen molar-refractivity contribution in [1.82, 2.24) is 0 Å². The standard InChI is InChI=1S/C12H14BrClN2O3S/c1-12(2,7-15)3-4-19-11-9(14)5-8(13)6-10(11)20(16,17)18/h5-6H,3-4H2,1-2H3,(H2,16,17,18). The lowest BCUT2D eigenvalue weighted by atomic mass is 9.92. The summed E-state index contributed by atoms with van der Waals surface area (Å²) in [6.45, 7) is 3.69. The Labute approximate surface area is 131 Å². The van der Waals surface area contributed by atoms with Crippen LogP contribution in [0.3, 0.4) is 0 Å². The van der Waals surface area contributed by atoms with Gasteiger partial charge >= 0.3 is 0 Å². The minimum Gasteiger partial charge on any atom is -0.491 e. The van der Waals surface area contributed by atoms with Gasteiger partial charge in [-0.15, -0.1) is 0 Å². The van der Waals surface area contributed by atoms with Crippen LogP contribution < -0.4 is 9.88 Å². The smallest absolute Gasteiger partial charge is 0.241 e. The van der Waals surface area contributed by atoms with E-state index in [1.165, 1.54) is 12.1 Å². The molecule has 0 spiro atoms. The number of primary sulfonamides is 1. The van der Waals surface area contributed by atoms with E-state index in [1.54, 1.807) is 13.8 Å². The Morgan fingerprint density at radius 1 is 1.50 bits per heavy atom. The molecule has 0 heterocycles. The van der Waals surface area contributed by atoms with Crippen molar-refractivity contribution < 1.29 is 13.2 Å². The molecule has 0 radical (unpaired) electrons. The summed E-state index contributed by atoms with van der Waals surface area (Å²) < 4.78 is 29.0. The van der Waals surface area contributed by atoms with Crippen LogP contribution in [0.5, 0.6) is 5.75 Å². The second-order valence-corrected chi connectivity index (χ2v) is 7.71. The first-order valence-electron chi connectivity index (χ1n) is 5.63. The average Bonchev–Trinajstić information content (AvgIpc) is 2.30. The SMILES string of the molecule is CC(C)(C#N)CCOc1c(Cl)cc(Br)cc1S(N)(=O)=O. The zero-order chi connectivity index (χ0) is 15.6. The number of hydrogen-bond donors (Lipinski definition) is 1. The van der Waals surface area contributed by atoms with Crippen molar-refractivity contribution in [2.75, 3.05) is 6.61 Å². The highest BCUT2D eigenvalue weighted by Crippen LogP contribution is 2.35. The Balaban J connectivity index is 3.05. The van der Waals surface area contributed by atoms with Crippen LogP contribution in [0.1, 0.15) is 20.3 Å². The Morgan fingerprint density at radius 2 is 2.10 bits per heavy atom. The summed E-state index contributed by atoms with van der Waals surface area (Å²) in [5.74, 6) is 0.00565. The molecule has 110 valence electrons.